The molecule has 1 N–H and O–H groups in total. The number of rotatable bonds is 2. The topological polar surface area (TPSA) is 61.5 Å². The molecule has 25 heavy (non-hydrogen) atoms. The van der Waals surface area contributed by atoms with Gasteiger partial charge in [0.1, 0.15) is 5.82 Å². The van der Waals surface area contributed by atoms with Crippen LogP contribution in [0.15, 0.2) is 24.3 Å². The van der Waals surface area contributed by atoms with Crippen molar-refractivity contribution < 1.29 is 9.53 Å². The summed E-state index contributed by atoms with van der Waals surface area (Å²) in [7, 11) is 1.75. The monoisotopic (exact) mass is 342 g/mol. The van der Waals surface area contributed by atoms with Gasteiger partial charge < -0.3 is 19.5 Å². The molecule has 134 valence electrons. The number of aromatic amines is 1. The largest absolute Gasteiger partial charge is 0.381 e. The second kappa shape index (κ2) is 7.04. The molecule has 2 aliphatic heterocycles. The molecule has 6 heteroatoms. The third-order valence-corrected chi connectivity index (χ3v) is 5.61. The minimum atomic E-state index is 0.192. The quantitative estimate of drug-likeness (QED) is 0.913. The number of carbonyl (C=O) groups is 1. The van der Waals surface area contributed by atoms with Crippen molar-refractivity contribution in [2.45, 2.75) is 37.7 Å². The Kier molecular flexibility index (Phi) is 4.61. The van der Waals surface area contributed by atoms with Gasteiger partial charge in [0, 0.05) is 39.2 Å². The van der Waals surface area contributed by atoms with Crippen molar-refractivity contribution in [3.05, 3.63) is 30.1 Å². The first kappa shape index (κ1) is 16.4. The van der Waals surface area contributed by atoms with Crippen molar-refractivity contribution in [2.75, 3.05) is 33.3 Å². The van der Waals surface area contributed by atoms with E-state index in [2.05, 4.69) is 11.1 Å². The van der Waals surface area contributed by atoms with Crippen LogP contribution in [0.1, 0.15) is 37.4 Å². The summed E-state index contributed by atoms with van der Waals surface area (Å²) in [5, 5.41) is 0. The van der Waals surface area contributed by atoms with Crippen LogP contribution < -0.4 is 0 Å². The Hall–Kier alpha value is -2.08. The molecule has 4 rings (SSSR count). The number of amides is 2. The molecule has 0 saturated carbocycles. The molecule has 2 saturated heterocycles. The summed E-state index contributed by atoms with van der Waals surface area (Å²) < 4.78 is 5.39. The van der Waals surface area contributed by atoms with Gasteiger partial charge in [-0.25, -0.2) is 9.78 Å². The number of para-hydroxylation sites is 2. The average Bonchev–Trinajstić information content (AvgIpc) is 3.12. The Morgan fingerprint density at radius 1 is 1.08 bits per heavy atom. The summed E-state index contributed by atoms with van der Waals surface area (Å²) in [6.45, 7) is 3.23. The normalized spacial score (nSPS) is 20.4. The number of benzene rings is 1. The van der Waals surface area contributed by atoms with Crippen LogP contribution in [0.5, 0.6) is 0 Å². The van der Waals surface area contributed by atoms with Crippen molar-refractivity contribution in [3.63, 3.8) is 0 Å². The van der Waals surface area contributed by atoms with E-state index in [1.165, 1.54) is 0 Å². The molecule has 0 aliphatic carbocycles. The zero-order valence-electron chi connectivity index (χ0n) is 14.8. The van der Waals surface area contributed by atoms with E-state index in [0.717, 1.165) is 68.7 Å². The number of urea groups is 1. The van der Waals surface area contributed by atoms with Gasteiger partial charge in [-0.15, -0.1) is 0 Å². The highest BCUT2D eigenvalue weighted by atomic mass is 16.5. The van der Waals surface area contributed by atoms with E-state index in [0.29, 0.717) is 12.0 Å². The van der Waals surface area contributed by atoms with Crippen molar-refractivity contribution >= 4 is 17.1 Å². The lowest BCUT2D eigenvalue weighted by atomic mass is 9.96. The summed E-state index contributed by atoms with van der Waals surface area (Å²) in [6, 6.07) is 8.34. The number of piperidine rings is 2. The highest BCUT2D eigenvalue weighted by Crippen LogP contribution is 2.28. The summed E-state index contributed by atoms with van der Waals surface area (Å²) in [6.07, 6.45) is 4.14. The molecule has 6 nitrogen and oxygen atoms in total. The van der Waals surface area contributed by atoms with E-state index >= 15 is 0 Å². The fourth-order valence-corrected chi connectivity index (χ4v) is 3.99. The van der Waals surface area contributed by atoms with Crippen molar-refractivity contribution in [3.8, 4) is 0 Å². The van der Waals surface area contributed by atoms with Gasteiger partial charge in [-0.3, -0.25) is 0 Å². The molecule has 0 spiro atoms. The smallest absolute Gasteiger partial charge is 0.320 e. The number of carbonyl (C=O) groups excluding carboxylic acids is 1. The van der Waals surface area contributed by atoms with E-state index < -0.39 is 0 Å². The number of imidazole rings is 1. The van der Waals surface area contributed by atoms with Crippen LogP contribution >= 0.6 is 0 Å². The van der Waals surface area contributed by atoms with Crippen LogP contribution in [0.4, 0.5) is 4.79 Å². The Morgan fingerprint density at radius 3 is 2.36 bits per heavy atom. The van der Waals surface area contributed by atoms with Crippen LogP contribution in [-0.2, 0) is 4.74 Å². The van der Waals surface area contributed by atoms with Crippen molar-refractivity contribution in [2.24, 2.45) is 0 Å². The molecule has 0 atom stereocenters. The number of hydrogen-bond acceptors (Lipinski definition) is 3. The van der Waals surface area contributed by atoms with Gasteiger partial charge in [0.05, 0.1) is 17.1 Å². The lowest BCUT2D eigenvalue weighted by Gasteiger charge is -2.38. The number of aromatic nitrogens is 2. The molecule has 2 aromatic rings. The first-order valence-electron chi connectivity index (χ1n) is 9.26. The average molecular weight is 342 g/mol. The number of methoxy groups -OCH3 is 1. The Labute approximate surface area is 148 Å². The molecule has 0 radical (unpaired) electrons. The van der Waals surface area contributed by atoms with E-state index in [1.807, 2.05) is 28.0 Å². The van der Waals surface area contributed by atoms with E-state index in [4.69, 9.17) is 9.72 Å². The number of likely N-dealkylation sites (tertiary alicyclic amines) is 2. The summed E-state index contributed by atoms with van der Waals surface area (Å²) in [5.74, 6) is 1.48. The van der Waals surface area contributed by atoms with Gasteiger partial charge in [0.15, 0.2) is 0 Å². The lowest BCUT2D eigenvalue weighted by Crippen LogP contribution is -2.49. The van der Waals surface area contributed by atoms with Gasteiger partial charge in [-0.2, -0.15) is 0 Å². The molecular weight excluding hydrogens is 316 g/mol. The van der Waals surface area contributed by atoms with Crippen LogP contribution in [-0.4, -0.2) is 65.2 Å². The molecule has 1 aromatic carbocycles. The summed E-state index contributed by atoms with van der Waals surface area (Å²) in [5.41, 5.74) is 2.12. The number of nitrogens with one attached hydrogen (secondary N) is 1. The lowest BCUT2D eigenvalue weighted by molar-refractivity contribution is 0.0431. The zero-order valence-corrected chi connectivity index (χ0v) is 14.8. The number of hydrogen-bond donors (Lipinski definition) is 1. The van der Waals surface area contributed by atoms with Crippen molar-refractivity contribution in [1.82, 2.24) is 19.8 Å². The van der Waals surface area contributed by atoms with Crippen molar-refractivity contribution in [1.29, 1.82) is 0 Å². The highest BCUT2D eigenvalue weighted by Gasteiger charge is 2.30. The van der Waals surface area contributed by atoms with Gasteiger partial charge >= 0.3 is 6.03 Å². The molecule has 2 aliphatic rings. The van der Waals surface area contributed by atoms with Crippen LogP contribution in [0, 0.1) is 0 Å². The molecular formula is C19H26N4O2. The summed E-state index contributed by atoms with van der Waals surface area (Å²) in [4.78, 5) is 24.9. The summed E-state index contributed by atoms with van der Waals surface area (Å²) >= 11 is 0. The molecule has 0 unspecified atom stereocenters. The van der Waals surface area contributed by atoms with E-state index in [9.17, 15) is 4.79 Å². The maximum Gasteiger partial charge on any atom is 0.320 e. The number of H-pyrrole nitrogens is 1. The third kappa shape index (κ3) is 3.35. The number of nitrogens with zero attached hydrogens (tertiary/aromatic N) is 3. The minimum Gasteiger partial charge on any atom is -0.381 e. The van der Waals surface area contributed by atoms with Gasteiger partial charge in [0.25, 0.3) is 0 Å². The van der Waals surface area contributed by atoms with Gasteiger partial charge in [0.2, 0.25) is 0 Å². The predicted octanol–water partition coefficient (Wildman–Crippen LogP) is 2.97. The number of ether oxygens (including phenoxy) is 1. The maximum absolute atomic E-state index is 12.7. The number of fused-ring (bicyclic) bond motifs is 1. The maximum atomic E-state index is 12.7. The van der Waals surface area contributed by atoms with Crippen LogP contribution in [0.3, 0.4) is 0 Å². The third-order valence-electron chi connectivity index (χ3n) is 5.61. The highest BCUT2D eigenvalue weighted by molar-refractivity contribution is 5.75. The molecule has 2 fully saturated rings. The fraction of sp³-hybridized carbons (Fsp3) is 0.579. The van der Waals surface area contributed by atoms with Crippen LogP contribution in [0.2, 0.25) is 0 Å². The van der Waals surface area contributed by atoms with Gasteiger partial charge in [-0.05, 0) is 37.8 Å². The standard InChI is InChI=1S/C19H26N4O2/c1-25-15-8-12-23(13-9-15)19(24)22-10-6-14(7-11-22)18-20-16-4-2-3-5-17(16)21-18/h2-5,14-15H,6-13H2,1H3,(H,20,21). The molecule has 3 heterocycles. The van der Waals surface area contributed by atoms with E-state index in [-0.39, 0.29) is 6.03 Å². The first-order chi connectivity index (χ1) is 12.2. The SMILES string of the molecule is COC1CCN(C(=O)N2CCC(c3nc4ccccc4[nH]3)CC2)CC1. The predicted molar refractivity (Wildman–Crippen MR) is 96.6 cm³/mol. The molecule has 0 bridgehead atoms. The molecule has 1 aromatic heterocycles. The minimum absolute atomic E-state index is 0.192. The first-order valence-corrected chi connectivity index (χ1v) is 9.26. The Morgan fingerprint density at radius 2 is 1.72 bits per heavy atom. The Balaban J connectivity index is 1.34. The fourth-order valence-electron chi connectivity index (χ4n) is 3.99. The second-order valence-electron chi connectivity index (χ2n) is 7.11. The zero-order chi connectivity index (χ0) is 17.2. The molecule has 2 amide bonds. The van der Waals surface area contributed by atoms with Gasteiger partial charge in [-0.1, -0.05) is 12.1 Å². The Bertz CT molecular complexity index is 695. The van der Waals surface area contributed by atoms with Crippen LogP contribution in [0.25, 0.3) is 11.0 Å². The second-order valence-corrected chi connectivity index (χ2v) is 7.11. The van der Waals surface area contributed by atoms with E-state index in [1.54, 1.807) is 7.11 Å².